The summed E-state index contributed by atoms with van der Waals surface area (Å²) >= 11 is 0. The number of rotatable bonds is 4. The summed E-state index contributed by atoms with van der Waals surface area (Å²) in [6.45, 7) is 2.19. The molecule has 1 aliphatic rings. The van der Waals surface area contributed by atoms with Crippen molar-refractivity contribution < 1.29 is 0 Å². The van der Waals surface area contributed by atoms with Gasteiger partial charge in [0.05, 0.1) is 0 Å². The fraction of sp³-hybridized carbons (Fsp3) is 0.389. The number of benzene rings is 1. The Bertz CT molecular complexity index is 580. The molecule has 0 amide bonds. The molecule has 1 unspecified atom stereocenters. The fourth-order valence-electron chi connectivity index (χ4n) is 3.23. The molecule has 1 atom stereocenters. The van der Waals surface area contributed by atoms with Crippen LogP contribution < -0.4 is 4.90 Å². The highest BCUT2D eigenvalue weighted by atomic mass is 15.2. The number of likely N-dealkylation sites (tertiary alicyclic amines) is 1. The second-order valence-corrected chi connectivity index (χ2v) is 5.92. The lowest BCUT2D eigenvalue weighted by atomic mass is 10.0. The Hall–Kier alpha value is -1.87. The van der Waals surface area contributed by atoms with Gasteiger partial charge < -0.3 is 4.90 Å². The number of nitrogens with zero attached hydrogens (tertiary/aromatic N) is 3. The summed E-state index contributed by atoms with van der Waals surface area (Å²) in [5.74, 6) is 1.10. The molecule has 110 valence electrons. The van der Waals surface area contributed by atoms with Gasteiger partial charge in [0, 0.05) is 38.4 Å². The first-order chi connectivity index (χ1) is 10.3. The molecule has 3 rings (SSSR count). The summed E-state index contributed by atoms with van der Waals surface area (Å²) in [4.78, 5) is 9.27. The first-order valence-corrected chi connectivity index (χ1v) is 7.66. The third-order valence-corrected chi connectivity index (χ3v) is 4.19. The molecule has 3 heteroatoms. The molecule has 0 N–H and O–H groups in total. The molecule has 0 spiro atoms. The number of hydrogen-bond donors (Lipinski definition) is 0. The normalized spacial score (nSPS) is 18.9. The van der Waals surface area contributed by atoms with Crippen molar-refractivity contribution in [3.63, 3.8) is 0 Å². The molecule has 0 saturated carbocycles. The highest BCUT2D eigenvalue weighted by Crippen LogP contribution is 2.36. The first-order valence-electron chi connectivity index (χ1n) is 7.66. The van der Waals surface area contributed by atoms with E-state index in [4.69, 9.17) is 0 Å². The van der Waals surface area contributed by atoms with Crippen molar-refractivity contribution in [1.29, 1.82) is 0 Å². The van der Waals surface area contributed by atoms with E-state index in [1.54, 1.807) is 0 Å². The molecule has 21 heavy (non-hydrogen) atoms. The van der Waals surface area contributed by atoms with Crippen molar-refractivity contribution in [2.24, 2.45) is 0 Å². The molecule has 1 fully saturated rings. The van der Waals surface area contributed by atoms with Crippen molar-refractivity contribution >= 4 is 5.82 Å². The minimum Gasteiger partial charge on any atom is -0.362 e. The van der Waals surface area contributed by atoms with Crippen LogP contribution in [-0.4, -0.2) is 30.5 Å². The Morgan fingerprint density at radius 1 is 1.14 bits per heavy atom. The first kappa shape index (κ1) is 14.1. The van der Waals surface area contributed by atoms with Crippen LogP contribution in [0.25, 0.3) is 0 Å². The van der Waals surface area contributed by atoms with Crippen LogP contribution in [0.3, 0.4) is 0 Å². The number of anilines is 1. The zero-order valence-corrected chi connectivity index (χ0v) is 12.9. The van der Waals surface area contributed by atoms with E-state index in [1.807, 2.05) is 6.20 Å². The highest BCUT2D eigenvalue weighted by Gasteiger charge is 2.28. The van der Waals surface area contributed by atoms with E-state index < -0.39 is 0 Å². The number of hydrogen-bond acceptors (Lipinski definition) is 3. The van der Waals surface area contributed by atoms with Gasteiger partial charge in [-0.05, 0) is 31.0 Å². The van der Waals surface area contributed by atoms with E-state index >= 15 is 0 Å². The third kappa shape index (κ3) is 3.08. The van der Waals surface area contributed by atoms with Gasteiger partial charge in [0.1, 0.15) is 5.82 Å². The summed E-state index contributed by atoms with van der Waals surface area (Å²) in [5.41, 5.74) is 2.75. The van der Waals surface area contributed by atoms with Gasteiger partial charge >= 0.3 is 0 Å². The van der Waals surface area contributed by atoms with Crippen LogP contribution in [-0.2, 0) is 6.54 Å². The predicted molar refractivity (Wildman–Crippen MR) is 87.4 cm³/mol. The van der Waals surface area contributed by atoms with E-state index in [-0.39, 0.29) is 0 Å². The van der Waals surface area contributed by atoms with Crippen LogP contribution in [0.1, 0.15) is 30.0 Å². The summed E-state index contributed by atoms with van der Waals surface area (Å²) in [5, 5.41) is 0. The fourth-order valence-corrected chi connectivity index (χ4v) is 3.23. The average Bonchev–Trinajstić information content (AvgIpc) is 2.96. The van der Waals surface area contributed by atoms with Gasteiger partial charge in [0.2, 0.25) is 0 Å². The maximum absolute atomic E-state index is 4.56. The van der Waals surface area contributed by atoms with Gasteiger partial charge in [-0.15, -0.1) is 0 Å². The van der Waals surface area contributed by atoms with E-state index in [0.29, 0.717) is 6.04 Å². The lowest BCUT2D eigenvalue weighted by Gasteiger charge is -2.27. The standard InChI is InChI=1S/C18H23N3/c1-20(2)18-16(10-6-12-19-18)17-11-7-13-21(17)14-15-8-4-3-5-9-15/h3-6,8-10,12,17H,7,11,13-14H2,1-2H3. The van der Waals surface area contributed by atoms with E-state index in [9.17, 15) is 0 Å². The lowest BCUT2D eigenvalue weighted by molar-refractivity contribution is 0.248. The smallest absolute Gasteiger partial charge is 0.132 e. The maximum Gasteiger partial charge on any atom is 0.132 e. The summed E-state index contributed by atoms with van der Waals surface area (Å²) in [6, 6.07) is 15.5. The summed E-state index contributed by atoms with van der Waals surface area (Å²) in [7, 11) is 4.14. The minimum atomic E-state index is 0.483. The molecule has 1 aromatic heterocycles. The molecule has 0 bridgehead atoms. The molecular weight excluding hydrogens is 258 g/mol. The molecule has 0 aliphatic carbocycles. The number of aromatic nitrogens is 1. The van der Waals surface area contributed by atoms with Crippen LogP contribution in [0.4, 0.5) is 5.82 Å². The SMILES string of the molecule is CN(C)c1ncccc1C1CCCN1Cc1ccccc1. The third-order valence-electron chi connectivity index (χ3n) is 4.19. The maximum atomic E-state index is 4.56. The largest absolute Gasteiger partial charge is 0.362 e. The predicted octanol–water partition coefficient (Wildman–Crippen LogP) is 3.48. The van der Waals surface area contributed by atoms with Crippen molar-refractivity contribution in [3.05, 3.63) is 59.8 Å². The summed E-state index contributed by atoms with van der Waals surface area (Å²) in [6.07, 6.45) is 4.37. The van der Waals surface area contributed by atoms with Crippen LogP contribution in [0, 0.1) is 0 Å². The van der Waals surface area contributed by atoms with Crippen LogP contribution >= 0.6 is 0 Å². The van der Waals surface area contributed by atoms with Gasteiger partial charge in [-0.25, -0.2) is 4.98 Å². The summed E-state index contributed by atoms with van der Waals surface area (Å²) < 4.78 is 0. The Kier molecular flexibility index (Phi) is 4.20. The Morgan fingerprint density at radius 3 is 2.71 bits per heavy atom. The average molecular weight is 281 g/mol. The van der Waals surface area contributed by atoms with Crippen LogP contribution in [0.15, 0.2) is 48.7 Å². The molecule has 0 radical (unpaired) electrons. The molecule has 1 aliphatic heterocycles. The van der Waals surface area contributed by atoms with Crippen molar-refractivity contribution in [1.82, 2.24) is 9.88 Å². The highest BCUT2D eigenvalue weighted by molar-refractivity contribution is 5.47. The molecule has 1 aromatic carbocycles. The second-order valence-electron chi connectivity index (χ2n) is 5.92. The van der Waals surface area contributed by atoms with Gasteiger partial charge in [0.15, 0.2) is 0 Å². The molecule has 2 aromatic rings. The quantitative estimate of drug-likeness (QED) is 0.855. The van der Waals surface area contributed by atoms with Gasteiger partial charge in [-0.1, -0.05) is 36.4 Å². The molecular formula is C18H23N3. The van der Waals surface area contributed by atoms with Crippen molar-refractivity contribution in [2.75, 3.05) is 25.5 Å². The Labute approximate surface area is 127 Å². The lowest BCUT2D eigenvalue weighted by Crippen LogP contribution is -2.25. The van der Waals surface area contributed by atoms with Crippen LogP contribution in [0.5, 0.6) is 0 Å². The van der Waals surface area contributed by atoms with Crippen LogP contribution in [0.2, 0.25) is 0 Å². The number of pyridine rings is 1. The van der Waals surface area contributed by atoms with E-state index in [1.165, 1.54) is 30.5 Å². The zero-order chi connectivity index (χ0) is 14.7. The topological polar surface area (TPSA) is 19.4 Å². The van der Waals surface area contributed by atoms with E-state index in [0.717, 1.165) is 12.4 Å². The Balaban J connectivity index is 1.84. The van der Waals surface area contributed by atoms with Gasteiger partial charge in [-0.3, -0.25) is 4.90 Å². The Morgan fingerprint density at radius 2 is 1.95 bits per heavy atom. The molecule has 3 nitrogen and oxygen atoms in total. The van der Waals surface area contributed by atoms with Gasteiger partial charge in [0.25, 0.3) is 0 Å². The molecule has 1 saturated heterocycles. The van der Waals surface area contributed by atoms with Crippen molar-refractivity contribution in [3.8, 4) is 0 Å². The van der Waals surface area contributed by atoms with Gasteiger partial charge in [-0.2, -0.15) is 0 Å². The monoisotopic (exact) mass is 281 g/mol. The minimum absolute atomic E-state index is 0.483. The zero-order valence-electron chi connectivity index (χ0n) is 12.9. The van der Waals surface area contributed by atoms with Crippen molar-refractivity contribution in [2.45, 2.75) is 25.4 Å². The second kappa shape index (κ2) is 6.27. The molecule has 2 heterocycles. The van der Waals surface area contributed by atoms with E-state index in [2.05, 4.69) is 71.3 Å².